The van der Waals surface area contributed by atoms with Crippen LogP contribution in [0, 0.1) is 5.92 Å². The van der Waals surface area contributed by atoms with Crippen molar-refractivity contribution in [2.24, 2.45) is 5.92 Å². The van der Waals surface area contributed by atoms with Crippen molar-refractivity contribution in [3.63, 3.8) is 0 Å². The molecule has 1 saturated heterocycles. The van der Waals surface area contributed by atoms with Crippen molar-refractivity contribution in [2.75, 3.05) is 13.1 Å². The molecule has 0 amide bonds. The molecule has 28 heavy (non-hydrogen) atoms. The fourth-order valence-electron chi connectivity index (χ4n) is 3.72. The zero-order chi connectivity index (χ0) is 19.0. The van der Waals surface area contributed by atoms with Crippen molar-refractivity contribution in [3.05, 3.63) is 77.9 Å². The molecule has 146 valence electrons. The van der Waals surface area contributed by atoms with Gasteiger partial charge in [0.1, 0.15) is 5.75 Å². The lowest BCUT2D eigenvalue weighted by atomic mass is 9.90. The van der Waals surface area contributed by atoms with Gasteiger partial charge in [0.2, 0.25) is 11.7 Å². The molecule has 1 aromatic heterocycles. The van der Waals surface area contributed by atoms with Crippen LogP contribution in [0.15, 0.2) is 65.2 Å². The number of nitrogens with zero attached hydrogens (tertiary/aromatic N) is 3. The zero-order valence-corrected chi connectivity index (χ0v) is 16.2. The maximum Gasteiger partial charge on any atom is 0.240 e. The Kier molecular flexibility index (Phi) is 6.35. The van der Waals surface area contributed by atoms with Crippen molar-refractivity contribution >= 4 is 0 Å². The number of ether oxygens (including phenoxy) is 1. The molecule has 0 radical (unpaired) electrons. The summed E-state index contributed by atoms with van der Waals surface area (Å²) in [7, 11) is 0. The van der Waals surface area contributed by atoms with Gasteiger partial charge in [-0.05, 0) is 62.4 Å². The average molecular weight is 377 g/mol. The highest BCUT2D eigenvalue weighted by Crippen LogP contribution is 2.23. The number of piperidine rings is 1. The quantitative estimate of drug-likeness (QED) is 0.579. The summed E-state index contributed by atoms with van der Waals surface area (Å²) < 4.78 is 11.1. The largest absolute Gasteiger partial charge is 0.485 e. The van der Waals surface area contributed by atoms with Crippen LogP contribution in [0.5, 0.6) is 5.75 Å². The fourth-order valence-corrected chi connectivity index (χ4v) is 3.72. The molecule has 1 aliphatic heterocycles. The van der Waals surface area contributed by atoms with E-state index in [0.29, 0.717) is 18.3 Å². The monoisotopic (exact) mass is 377 g/mol. The lowest BCUT2D eigenvalue weighted by Gasteiger charge is -2.30. The van der Waals surface area contributed by atoms with Gasteiger partial charge in [-0.1, -0.05) is 53.7 Å². The van der Waals surface area contributed by atoms with Gasteiger partial charge in [-0.2, -0.15) is 4.98 Å². The first-order valence-electron chi connectivity index (χ1n) is 10.1. The minimum absolute atomic E-state index is 0.328. The third kappa shape index (κ3) is 5.42. The molecule has 1 aliphatic rings. The first kappa shape index (κ1) is 18.7. The molecule has 0 aliphatic carbocycles. The molecule has 4 rings (SSSR count). The van der Waals surface area contributed by atoms with E-state index in [-0.39, 0.29) is 0 Å². The first-order chi connectivity index (χ1) is 13.8. The summed E-state index contributed by atoms with van der Waals surface area (Å²) in [6.45, 7) is 3.24. The number of aryl methyl sites for hydroxylation is 1. The van der Waals surface area contributed by atoms with Crippen LogP contribution in [0.2, 0.25) is 0 Å². The second-order valence-electron chi connectivity index (χ2n) is 7.45. The standard InChI is InChI=1S/C23H27N3O2/c1-3-7-19(8-4-1)11-12-20-13-15-26(16-14-20)17-23-24-22(25-28-23)18-27-21-9-5-2-6-10-21/h1-10,20H,11-18H2. The number of rotatable bonds is 8. The maximum atomic E-state index is 5.67. The van der Waals surface area contributed by atoms with E-state index in [1.807, 2.05) is 30.3 Å². The van der Waals surface area contributed by atoms with E-state index in [9.17, 15) is 0 Å². The van der Waals surface area contributed by atoms with E-state index in [1.54, 1.807) is 0 Å². The van der Waals surface area contributed by atoms with Gasteiger partial charge in [-0.25, -0.2) is 0 Å². The number of hydrogen-bond acceptors (Lipinski definition) is 5. The Labute approximate surface area is 166 Å². The lowest BCUT2D eigenvalue weighted by Crippen LogP contribution is -2.33. The van der Waals surface area contributed by atoms with E-state index in [4.69, 9.17) is 9.26 Å². The van der Waals surface area contributed by atoms with Crippen LogP contribution in [0.4, 0.5) is 0 Å². The topological polar surface area (TPSA) is 51.4 Å². The summed E-state index contributed by atoms with van der Waals surface area (Å²) >= 11 is 0. The fraction of sp³-hybridized carbons (Fsp3) is 0.391. The molecule has 0 saturated carbocycles. The average Bonchev–Trinajstić information content (AvgIpc) is 3.21. The van der Waals surface area contributed by atoms with Crippen molar-refractivity contribution in [1.82, 2.24) is 15.0 Å². The van der Waals surface area contributed by atoms with Gasteiger partial charge >= 0.3 is 0 Å². The number of aromatic nitrogens is 2. The predicted octanol–water partition coefficient (Wildman–Crippen LogP) is 4.49. The zero-order valence-electron chi connectivity index (χ0n) is 16.2. The van der Waals surface area contributed by atoms with Gasteiger partial charge in [0.15, 0.2) is 6.61 Å². The molecule has 0 N–H and O–H groups in total. The molecule has 2 aromatic carbocycles. The normalized spacial score (nSPS) is 15.6. The summed E-state index contributed by atoms with van der Waals surface area (Å²) in [4.78, 5) is 6.88. The Hall–Kier alpha value is -2.66. The Morgan fingerprint density at radius 2 is 1.68 bits per heavy atom. The highest BCUT2D eigenvalue weighted by atomic mass is 16.5. The van der Waals surface area contributed by atoms with Crippen LogP contribution in [0.1, 0.15) is 36.5 Å². The van der Waals surface area contributed by atoms with E-state index < -0.39 is 0 Å². The molecule has 1 fully saturated rings. The van der Waals surface area contributed by atoms with Crippen molar-refractivity contribution in [3.8, 4) is 5.75 Å². The summed E-state index contributed by atoms with van der Waals surface area (Å²) in [6.07, 6.45) is 4.94. The molecule has 0 bridgehead atoms. The van der Waals surface area contributed by atoms with E-state index in [2.05, 4.69) is 45.4 Å². The van der Waals surface area contributed by atoms with Crippen LogP contribution in [-0.4, -0.2) is 28.1 Å². The second kappa shape index (κ2) is 9.51. The summed E-state index contributed by atoms with van der Waals surface area (Å²) in [5.74, 6) is 2.89. The van der Waals surface area contributed by atoms with Crippen molar-refractivity contribution < 1.29 is 9.26 Å². The van der Waals surface area contributed by atoms with Crippen LogP contribution in [0.25, 0.3) is 0 Å². The molecule has 5 heteroatoms. The minimum atomic E-state index is 0.328. The van der Waals surface area contributed by atoms with E-state index in [1.165, 1.54) is 31.2 Å². The van der Waals surface area contributed by atoms with Gasteiger partial charge < -0.3 is 9.26 Å². The minimum Gasteiger partial charge on any atom is -0.485 e. The molecule has 3 aromatic rings. The van der Waals surface area contributed by atoms with E-state index in [0.717, 1.165) is 31.3 Å². The summed E-state index contributed by atoms with van der Waals surface area (Å²) in [6, 6.07) is 20.5. The first-order valence-corrected chi connectivity index (χ1v) is 10.1. The summed E-state index contributed by atoms with van der Waals surface area (Å²) in [5.41, 5.74) is 1.45. The third-order valence-corrected chi connectivity index (χ3v) is 5.37. The van der Waals surface area contributed by atoms with Gasteiger partial charge in [0.25, 0.3) is 0 Å². The Morgan fingerprint density at radius 1 is 0.964 bits per heavy atom. The Bertz CT molecular complexity index is 827. The van der Waals surface area contributed by atoms with Crippen LogP contribution in [-0.2, 0) is 19.6 Å². The number of likely N-dealkylation sites (tertiary alicyclic amines) is 1. The van der Waals surface area contributed by atoms with Crippen LogP contribution in [0.3, 0.4) is 0 Å². The molecular formula is C23H27N3O2. The second-order valence-corrected chi connectivity index (χ2v) is 7.45. The Morgan fingerprint density at radius 3 is 2.43 bits per heavy atom. The number of benzene rings is 2. The van der Waals surface area contributed by atoms with Gasteiger partial charge in [0.05, 0.1) is 6.54 Å². The summed E-state index contributed by atoms with van der Waals surface area (Å²) in [5, 5.41) is 4.04. The van der Waals surface area contributed by atoms with Crippen LogP contribution >= 0.6 is 0 Å². The molecule has 0 unspecified atom stereocenters. The third-order valence-electron chi connectivity index (χ3n) is 5.37. The SMILES string of the molecule is c1ccc(CCC2CCN(Cc3nc(COc4ccccc4)no3)CC2)cc1. The smallest absolute Gasteiger partial charge is 0.240 e. The van der Waals surface area contributed by atoms with Crippen molar-refractivity contribution in [1.29, 1.82) is 0 Å². The Balaban J connectivity index is 1.18. The molecular weight excluding hydrogens is 350 g/mol. The predicted molar refractivity (Wildman–Crippen MR) is 108 cm³/mol. The molecule has 0 spiro atoms. The van der Waals surface area contributed by atoms with E-state index >= 15 is 0 Å². The highest BCUT2D eigenvalue weighted by molar-refractivity contribution is 5.21. The van der Waals surface area contributed by atoms with Gasteiger partial charge in [0, 0.05) is 0 Å². The van der Waals surface area contributed by atoms with Gasteiger partial charge in [-0.15, -0.1) is 0 Å². The van der Waals surface area contributed by atoms with Crippen molar-refractivity contribution in [2.45, 2.75) is 38.8 Å². The molecule has 5 nitrogen and oxygen atoms in total. The lowest BCUT2D eigenvalue weighted by molar-refractivity contribution is 0.155. The number of para-hydroxylation sites is 1. The maximum absolute atomic E-state index is 5.67. The highest BCUT2D eigenvalue weighted by Gasteiger charge is 2.21. The molecule has 2 heterocycles. The van der Waals surface area contributed by atoms with Crippen LogP contribution < -0.4 is 4.74 Å². The molecule has 0 atom stereocenters. The van der Waals surface area contributed by atoms with Gasteiger partial charge in [-0.3, -0.25) is 4.90 Å². The number of hydrogen-bond donors (Lipinski definition) is 0.